The SMILES string of the molecule is Cc1nc(-c2cccc(F)c2F)c(C(=O)NC(Cc2ccccc2)C(=O)C(N)=O)o1. The van der Waals surface area contributed by atoms with Crippen molar-refractivity contribution in [1.82, 2.24) is 10.3 Å². The van der Waals surface area contributed by atoms with Gasteiger partial charge in [-0.2, -0.15) is 0 Å². The first-order valence-electron chi connectivity index (χ1n) is 8.88. The first-order chi connectivity index (χ1) is 14.3. The molecule has 0 bridgehead atoms. The van der Waals surface area contributed by atoms with Crippen LogP contribution in [0.1, 0.15) is 22.0 Å². The smallest absolute Gasteiger partial charge is 0.290 e. The maximum Gasteiger partial charge on any atom is 0.290 e. The van der Waals surface area contributed by atoms with Crippen LogP contribution in [0.15, 0.2) is 52.9 Å². The number of primary amides is 1. The molecule has 0 aliphatic carbocycles. The summed E-state index contributed by atoms with van der Waals surface area (Å²) in [7, 11) is 0. The second-order valence-electron chi connectivity index (χ2n) is 6.46. The van der Waals surface area contributed by atoms with Crippen LogP contribution in [0.25, 0.3) is 11.3 Å². The molecule has 0 aliphatic rings. The molecule has 0 saturated heterocycles. The summed E-state index contributed by atoms with van der Waals surface area (Å²) in [5, 5.41) is 2.38. The largest absolute Gasteiger partial charge is 0.435 e. The highest BCUT2D eigenvalue weighted by Gasteiger charge is 2.30. The van der Waals surface area contributed by atoms with E-state index < -0.39 is 41.0 Å². The van der Waals surface area contributed by atoms with Crippen LogP contribution in [0, 0.1) is 18.6 Å². The number of ketones is 1. The van der Waals surface area contributed by atoms with E-state index in [1.54, 1.807) is 30.3 Å². The molecule has 1 aromatic heterocycles. The number of nitrogens with two attached hydrogens (primary N) is 1. The Balaban J connectivity index is 1.94. The highest BCUT2D eigenvalue weighted by Crippen LogP contribution is 2.28. The van der Waals surface area contributed by atoms with E-state index in [0.29, 0.717) is 5.56 Å². The molecule has 3 N–H and O–H groups in total. The van der Waals surface area contributed by atoms with Crippen molar-refractivity contribution in [2.24, 2.45) is 5.73 Å². The van der Waals surface area contributed by atoms with Crippen molar-refractivity contribution < 1.29 is 27.6 Å². The lowest BCUT2D eigenvalue weighted by molar-refractivity contribution is -0.137. The van der Waals surface area contributed by atoms with Crippen molar-refractivity contribution in [3.63, 3.8) is 0 Å². The van der Waals surface area contributed by atoms with Crippen molar-refractivity contribution in [1.29, 1.82) is 0 Å². The number of Topliss-reactive ketones (excluding diaryl/α,β-unsaturated/α-hetero) is 1. The van der Waals surface area contributed by atoms with E-state index in [1.165, 1.54) is 19.1 Å². The number of oxazole rings is 1. The van der Waals surface area contributed by atoms with E-state index in [1.807, 2.05) is 0 Å². The molecule has 0 fully saturated rings. The van der Waals surface area contributed by atoms with Gasteiger partial charge in [0.2, 0.25) is 11.5 Å². The number of aryl methyl sites for hydroxylation is 1. The minimum Gasteiger partial charge on any atom is -0.435 e. The summed E-state index contributed by atoms with van der Waals surface area (Å²) >= 11 is 0. The lowest BCUT2D eigenvalue weighted by atomic mass is 10.0. The van der Waals surface area contributed by atoms with Crippen LogP contribution in [0.3, 0.4) is 0 Å². The molecule has 3 aromatic rings. The fraction of sp³-hybridized carbons (Fsp3) is 0.143. The monoisotopic (exact) mass is 413 g/mol. The molecule has 3 rings (SSSR count). The highest BCUT2D eigenvalue weighted by atomic mass is 19.2. The Morgan fingerprint density at radius 1 is 1.10 bits per heavy atom. The van der Waals surface area contributed by atoms with Gasteiger partial charge in [-0.3, -0.25) is 14.4 Å². The van der Waals surface area contributed by atoms with Gasteiger partial charge in [0.05, 0.1) is 0 Å². The first kappa shape index (κ1) is 20.8. The molecular weight excluding hydrogens is 396 g/mol. The summed E-state index contributed by atoms with van der Waals surface area (Å²) in [6.07, 6.45) is -0.00880. The number of hydrogen-bond donors (Lipinski definition) is 2. The maximum absolute atomic E-state index is 14.2. The summed E-state index contributed by atoms with van der Waals surface area (Å²) in [6, 6.07) is 10.8. The lowest BCUT2D eigenvalue weighted by Crippen LogP contribution is -2.47. The average molecular weight is 413 g/mol. The van der Waals surface area contributed by atoms with Crippen LogP contribution in [0.2, 0.25) is 0 Å². The Kier molecular flexibility index (Phi) is 6.01. The Bertz CT molecular complexity index is 1110. The van der Waals surface area contributed by atoms with Gasteiger partial charge in [-0.1, -0.05) is 36.4 Å². The topological polar surface area (TPSA) is 115 Å². The molecule has 1 heterocycles. The second kappa shape index (κ2) is 8.64. The van der Waals surface area contributed by atoms with Gasteiger partial charge >= 0.3 is 0 Å². The maximum atomic E-state index is 14.2. The number of nitrogens with one attached hydrogen (secondary N) is 1. The van der Waals surface area contributed by atoms with Crippen molar-refractivity contribution >= 4 is 17.6 Å². The van der Waals surface area contributed by atoms with E-state index in [0.717, 1.165) is 6.07 Å². The van der Waals surface area contributed by atoms with Crippen LogP contribution in [-0.4, -0.2) is 28.6 Å². The highest BCUT2D eigenvalue weighted by molar-refractivity contribution is 6.38. The van der Waals surface area contributed by atoms with Crippen LogP contribution in [0.4, 0.5) is 8.78 Å². The van der Waals surface area contributed by atoms with Gasteiger partial charge in [0.25, 0.3) is 11.8 Å². The molecule has 0 spiro atoms. The van der Waals surface area contributed by atoms with Gasteiger partial charge < -0.3 is 15.5 Å². The number of nitrogens with zero attached hydrogens (tertiary/aromatic N) is 1. The van der Waals surface area contributed by atoms with Gasteiger partial charge in [-0.05, 0) is 17.7 Å². The quantitative estimate of drug-likeness (QED) is 0.577. The molecule has 2 amide bonds. The summed E-state index contributed by atoms with van der Waals surface area (Å²) in [6.45, 7) is 1.42. The predicted octanol–water partition coefficient (Wildman–Crippen LogP) is 2.32. The summed E-state index contributed by atoms with van der Waals surface area (Å²) in [5.74, 6) is -5.88. The molecule has 9 heteroatoms. The zero-order valence-corrected chi connectivity index (χ0v) is 15.8. The zero-order valence-electron chi connectivity index (χ0n) is 15.8. The van der Waals surface area contributed by atoms with Crippen LogP contribution in [-0.2, 0) is 16.0 Å². The molecule has 7 nitrogen and oxygen atoms in total. The number of carbonyl (C=O) groups excluding carboxylic acids is 3. The zero-order chi connectivity index (χ0) is 21.8. The van der Waals surface area contributed by atoms with E-state index in [9.17, 15) is 23.2 Å². The number of benzene rings is 2. The average Bonchev–Trinajstić information content (AvgIpc) is 3.11. The standard InChI is InChI=1S/C21H17F2N3O4/c1-11-25-17(13-8-5-9-14(22)16(13)23)19(30-11)21(29)26-15(18(27)20(24)28)10-12-6-3-2-4-7-12/h2-9,15H,10H2,1H3,(H2,24,28)(H,26,29). The van der Waals surface area contributed by atoms with Crippen molar-refractivity contribution in [3.8, 4) is 11.3 Å². The summed E-state index contributed by atoms with van der Waals surface area (Å²) in [5.41, 5.74) is 5.26. The number of rotatable bonds is 7. The van der Waals surface area contributed by atoms with Crippen molar-refractivity contribution in [3.05, 3.63) is 77.4 Å². The van der Waals surface area contributed by atoms with E-state index in [4.69, 9.17) is 10.2 Å². The molecule has 0 saturated carbocycles. The number of hydrogen-bond acceptors (Lipinski definition) is 5. The first-order valence-corrected chi connectivity index (χ1v) is 8.88. The van der Waals surface area contributed by atoms with Crippen molar-refractivity contribution in [2.75, 3.05) is 0 Å². The number of amides is 2. The third-order valence-corrected chi connectivity index (χ3v) is 4.29. The Hall–Kier alpha value is -3.88. The van der Waals surface area contributed by atoms with Gasteiger partial charge in [0.15, 0.2) is 17.5 Å². The van der Waals surface area contributed by atoms with Crippen LogP contribution < -0.4 is 11.1 Å². The fourth-order valence-corrected chi connectivity index (χ4v) is 2.90. The van der Waals surface area contributed by atoms with Crippen LogP contribution >= 0.6 is 0 Å². The molecule has 1 atom stereocenters. The second-order valence-corrected chi connectivity index (χ2v) is 6.46. The van der Waals surface area contributed by atoms with E-state index in [2.05, 4.69) is 10.3 Å². The lowest BCUT2D eigenvalue weighted by Gasteiger charge is -2.16. The fourth-order valence-electron chi connectivity index (χ4n) is 2.90. The number of carbonyl (C=O) groups is 3. The predicted molar refractivity (Wildman–Crippen MR) is 102 cm³/mol. The third kappa shape index (κ3) is 4.40. The van der Waals surface area contributed by atoms with Gasteiger partial charge in [-0.25, -0.2) is 13.8 Å². The van der Waals surface area contributed by atoms with E-state index in [-0.39, 0.29) is 23.6 Å². The third-order valence-electron chi connectivity index (χ3n) is 4.29. The van der Waals surface area contributed by atoms with Crippen molar-refractivity contribution in [2.45, 2.75) is 19.4 Å². The number of halogens is 2. The molecule has 2 aromatic carbocycles. The molecule has 30 heavy (non-hydrogen) atoms. The Morgan fingerprint density at radius 2 is 1.80 bits per heavy atom. The molecule has 154 valence electrons. The van der Waals surface area contributed by atoms with Crippen LogP contribution in [0.5, 0.6) is 0 Å². The van der Waals surface area contributed by atoms with Gasteiger partial charge in [0.1, 0.15) is 11.7 Å². The Morgan fingerprint density at radius 3 is 2.47 bits per heavy atom. The summed E-state index contributed by atoms with van der Waals surface area (Å²) < 4.78 is 33.1. The van der Waals surface area contributed by atoms with E-state index >= 15 is 0 Å². The molecule has 0 radical (unpaired) electrons. The summed E-state index contributed by atoms with van der Waals surface area (Å²) in [4.78, 5) is 40.4. The van der Waals surface area contributed by atoms with Gasteiger partial charge in [0, 0.05) is 18.9 Å². The molecular formula is C21H17F2N3O4. The minimum absolute atomic E-state index is 0.00880. The normalized spacial score (nSPS) is 11.7. The Labute approximate surface area is 169 Å². The van der Waals surface area contributed by atoms with Gasteiger partial charge in [-0.15, -0.1) is 0 Å². The number of aromatic nitrogens is 1. The molecule has 1 unspecified atom stereocenters. The molecule has 0 aliphatic heterocycles. The minimum atomic E-state index is -1.28.